The standard InChI is InChI=1S/C21H26N2O5/c1-7-23(20(25)15-9-8-10-16(11-15)27-5)14(4)19(24)17-12(2)18(21(26)28-6)22-13(17)3/h8-11,14,22H,7H2,1-6H3/t14-/m1/s1. The minimum atomic E-state index is -0.706. The van der Waals surface area contributed by atoms with Crippen LogP contribution in [0.3, 0.4) is 0 Å². The smallest absolute Gasteiger partial charge is 0.354 e. The first-order valence-corrected chi connectivity index (χ1v) is 9.03. The molecule has 28 heavy (non-hydrogen) atoms. The molecule has 150 valence electrons. The molecule has 0 saturated carbocycles. The van der Waals surface area contributed by atoms with Crippen molar-refractivity contribution in [1.82, 2.24) is 9.88 Å². The number of ketones is 1. The molecule has 7 heteroatoms. The molecule has 1 heterocycles. The molecule has 0 aliphatic carbocycles. The molecule has 1 aromatic carbocycles. The van der Waals surface area contributed by atoms with Crippen molar-refractivity contribution in [1.29, 1.82) is 0 Å². The number of nitrogens with zero attached hydrogens (tertiary/aromatic N) is 1. The summed E-state index contributed by atoms with van der Waals surface area (Å²) >= 11 is 0. The van der Waals surface area contributed by atoms with Gasteiger partial charge in [-0.3, -0.25) is 9.59 Å². The fraction of sp³-hybridized carbons (Fsp3) is 0.381. The Morgan fingerprint density at radius 1 is 1.18 bits per heavy atom. The number of aromatic nitrogens is 1. The Balaban J connectivity index is 2.36. The van der Waals surface area contributed by atoms with Gasteiger partial charge in [0.05, 0.1) is 20.3 Å². The number of carbonyl (C=O) groups is 3. The number of hydrogen-bond donors (Lipinski definition) is 1. The highest BCUT2D eigenvalue weighted by molar-refractivity contribution is 6.07. The number of methoxy groups -OCH3 is 2. The molecule has 1 atom stereocenters. The van der Waals surface area contributed by atoms with Crippen LogP contribution in [0.5, 0.6) is 5.75 Å². The summed E-state index contributed by atoms with van der Waals surface area (Å²) in [5.74, 6) is -0.464. The van der Waals surface area contributed by atoms with Crippen LogP contribution in [0, 0.1) is 13.8 Å². The molecule has 2 rings (SSSR count). The highest BCUT2D eigenvalue weighted by Crippen LogP contribution is 2.23. The lowest BCUT2D eigenvalue weighted by Gasteiger charge is -2.27. The zero-order chi connectivity index (χ0) is 21.0. The third-order valence-electron chi connectivity index (χ3n) is 4.84. The Kier molecular flexibility index (Phi) is 6.62. The number of likely N-dealkylation sites (N-methyl/N-ethyl adjacent to an activating group) is 1. The number of rotatable bonds is 7. The molecule has 1 N–H and O–H groups in total. The largest absolute Gasteiger partial charge is 0.497 e. The van der Waals surface area contributed by atoms with Crippen molar-refractivity contribution in [3.8, 4) is 5.75 Å². The lowest BCUT2D eigenvalue weighted by Crippen LogP contribution is -2.43. The van der Waals surface area contributed by atoms with E-state index in [9.17, 15) is 14.4 Å². The Hall–Kier alpha value is -3.09. The predicted molar refractivity (Wildman–Crippen MR) is 105 cm³/mol. The summed E-state index contributed by atoms with van der Waals surface area (Å²) in [6.45, 7) is 7.27. The van der Waals surface area contributed by atoms with Crippen molar-refractivity contribution in [2.24, 2.45) is 0 Å². The zero-order valence-electron chi connectivity index (χ0n) is 17.1. The lowest BCUT2D eigenvalue weighted by atomic mass is 9.99. The number of hydrogen-bond acceptors (Lipinski definition) is 5. The number of aryl methyl sites for hydroxylation is 1. The van der Waals surface area contributed by atoms with Crippen molar-refractivity contribution < 1.29 is 23.9 Å². The summed E-state index contributed by atoms with van der Waals surface area (Å²) in [6, 6.07) is 6.11. The van der Waals surface area contributed by atoms with Gasteiger partial charge in [0.2, 0.25) is 0 Å². The Labute approximate surface area is 164 Å². The number of esters is 1. The zero-order valence-corrected chi connectivity index (χ0v) is 17.1. The Morgan fingerprint density at radius 3 is 2.43 bits per heavy atom. The van der Waals surface area contributed by atoms with Crippen molar-refractivity contribution >= 4 is 17.7 Å². The maximum atomic E-state index is 13.2. The highest BCUT2D eigenvalue weighted by Gasteiger charge is 2.31. The van der Waals surface area contributed by atoms with Crippen molar-refractivity contribution in [3.05, 3.63) is 52.3 Å². The van der Waals surface area contributed by atoms with Crippen LogP contribution in [0.2, 0.25) is 0 Å². The quantitative estimate of drug-likeness (QED) is 0.583. The van der Waals surface area contributed by atoms with Crippen molar-refractivity contribution in [2.45, 2.75) is 33.7 Å². The number of nitrogens with one attached hydrogen (secondary N) is 1. The lowest BCUT2D eigenvalue weighted by molar-refractivity contribution is 0.0593. The molecule has 0 saturated heterocycles. The van der Waals surface area contributed by atoms with Gasteiger partial charge in [-0.15, -0.1) is 0 Å². The van der Waals surface area contributed by atoms with Crippen LogP contribution in [0.4, 0.5) is 0 Å². The molecule has 0 bridgehead atoms. The molecular formula is C21H26N2O5. The normalized spacial score (nSPS) is 11.6. The van der Waals surface area contributed by atoms with Gasteiger partial charge in [0.1, 0.15) is 11.4 Å². The fourth-order valence-electron chi connectivity index (χ4n) is 3.29. The minimum Gasteiger partial charge on any atom is -0.497 e. The van der Waals surface area contributed by atoms with Gasteiger partial charge in [-0.2, -0.15) is 0 Å². The van der Waals surface area contributed by atoms with Gasteiger partial charge < -0.3 is 19.4 Å². The Bertz CT molecular complexity index is 900. The molecule has 0 spiro atoms. The first-order valence-electron chi connectivity index (χ1n) is 9.03. The molecule has 0 unspecified atom stereocenters. The second kappa shape index (κ2) is 8.73. The molecule has 0 fully saturated rings. The molecule has 2 aromatic rings. The first-order chi connectivity index (χ1) is 13.3. The van der Waals surface area contributed by atoms with E-state index in [0.717, 1.165) is 0 Å². The van der Waals surface area contributed by atoms with Gasteiger partial charge in [-0.25, -0.2) is 4.79 Å². The number of Topliss-reactive ketones (excluding diaryl/α,β-unsaturated/α-hetero) is 1. The molecular weight excluding hydrogens is 360 g/mol. The van der Waals surface area contributed by atoms with Crippen LogP contribution in [0.1, 0.15) is 56.3 Å². The molecule has 0 radical (unpaired) electrons. The number of aromatic amines is 1. The van der Waals surface area contributed by atoms with Crippen LogP contribution in [-0.2, 0) is 4.74 Å². The van der Waals surface area contributed by atoms with E-state index in [1.807, 2.05) is 6.92 Å². The summed E-state index contributed by atoms with van der Waals surface area (Å²) in [5, 5.41) is 0. The molecule has 1 amide bonds. The third-order valence-corrected chi connectivity index (χ3v) is 4.84. The van der Waals surface area contributed by atoms with Crippen LogP contribution in [0.15, 0.2) is 24.3 Å². The fourth-order valence-corrected chi connectivity index (χ4v) is 3.29. The van der Waals surface area contributed by atoms with Gasteiger partial charge in [0.25, 0.3) is 5.91 Å². The number of amides is 1. The summed E-state index contributed by atoms with van der Waals surface area (Å²) in [4.78, 5) is 42.5. The summed E-state index contributed by atoms with van der Waals surface area (Å²) in [7, 11) is 2.82. The van der Waals surface area contributed by atoms with Crippen LogP contribution >= 0.6 is 0 Å². The first kappa shape index (κ1) is 21.2. The van der Waals surface area contributed by atoms with E-state index in [2.05, 4.69) is 4.98 Å². The molecule has 7 nitrogen and oxygen atoms in total. The summed E-state index contributed by atoms with van der Waals surface area (Å²) < 4.78 is 9.93. The molecule has 0 aliphatic heterocycles. The second-order valence-electron chi connectivity index (χ2n) is 6.48. The van der Waals surface area contributed by atoms with Crippen LogP contribution in [-0.4, -0.2) is 54.3 Å². The maximum absolute atomic E-state index is 13.2. The van der Waals surface area contributed by atoms with E-state index in [1.165, 1.54) is 19.1 Å². The highest BCUT2D eigenvalue weighted by atomic mass is 16.5. The van der Waals surface area contributed by atoms with Crippen molar-refractivity contribution in [3.63, 3.8) is 0 Å². The van der Waals surface area contributed by atoms with E-state index in [0.29, 0.717) is 34.7 Å². The summed E-state index contributed by atoms with van der Waals surface area (Å²) in [6.07, 6.45) is 0. The van der Waals surface area contributed by atoms with E-state index in [-0.39, 0.29) is 17.4 Å². The van der Waals surface area contributed by atoms with Crippen LogP contribution in [0.25, 0.3) is 0 Å². The van der Waals surface area contributed by atoms with Gasteiger partial charge in [0.15, 0.2) is 5.78 Å². The SMILES string of the molecule is CCN(C(=O)c1cccc(OC)c1)[C@H](C)C(=O)c1c(C)[nH]c(C(=O)OC)c1C. The van der Waals surface area contributed by atoms with E-state index >= 15 is 0 Å². The number of benzene rings is 1. The van der Waals surface area contributed by atoms with Gasteiger partial charge in [-0.1, -0.05) is 6.07 Å². The second-order valence-corrected chi connectivity index (χ2v) is 6.48. The predicted octanol–water partition coefficient (Wildman–Crippen LogP) is 3.16. The van der Waals surface area contributed by atoms with E-state index in [4.69, 9.17) is 9.47 Å². The molecule has 1 aromatic heterocycles. The Morgan fingerprint density at radius 2 is 1.86 bits per heavy atom. The number of H-pyrrole nitrogens is 1. The van der Waals surface area contributed by atoms with Gasteiger partial charge in [0, 0.05) is 23.4 Å². The van der Waals surface area contributed by atoms with Crippen molar-refractivity contribution in [2.75, 3.05) is 20.8 Å². The third kappa shape index (κ3) is 3.93. The topological polar surface area (TPSA) is 88.7 Å². The monoisotopic (exact) mass is 386 g/mol. The molecule has 0 aliphatic rings. The van der Waals surface area contributed by atoms with E-state index < -0.39 is 12.0 Å². The van der Waals surface area contributed by atoms with E-state index in [1.54, 1.807) is 45.0 Å². The van der Waals surface area contributed by atoms with Gasteiger partial charge in [-0.05, 0) is 51.5 Å². The number of ether oxygens (including phenoxy) is 2. The minimum absolute atomic E-state index is 0.237. The van der Waals surface area contributed by atoms with Gasteiger partial charge >= 0.3 is 5.97 Å². The maximum Gasteiger partial charge on any atom is 0.354 e. The average molecular weight is 386 g/mol. The number of carbonyl (C=O) groups excluding carboxylic acids is 3. The van der Waals surface area contributed by atoms with Crippen LogP contribution < -0.4 is 4.74 Å². The summed E-state index contributed by atoms with van der Waals surface area (Å²) in [5.41, 5.74) is 2.19. The average Bonchev–Trinajstić information content (AvgIpc) is 3.01.